The molecule has 0 fully saturated rings. The zero-order valence-electron chi connectivity index (χ0n) is 14.1. The van der Waals surface area contributed by atoms with E-state index in [1.54, 1.807) is 0 Å². The summed E-state index contributed by atoms with van der Waals surface area (Å²) in [6.07, 6.45) is 4.76. The molecular formula is C16H36N2O2. The minimum absolute atomic E-state index is 0. The number of carbonyl (C=O) groups is 1. The van der Waals surface area contributed by atoms with Crippen LogP contribution in [0.5, 0.6) is 0 Å². The van der Waals surface area contributed by atoms with Gasteiger partial charge < -0.3 is 15.0 Å². The Morgan fingerprint density at radius 3 is 2.50 bits per heavy atom. The monoisotopic (exact) mass is 288 g/mol. The molecule has 0 aliphatic carbocycles. The Morgan fingerprint density at radius 2 is 1.95 bits per heavy atom. The highest BCUT2D eigenvalue weighted by Crippen LogP contribution is 2.05. The number of carbonyl (C=O) groups excluding carboxylic acids is 1. The molecule has 0 aliphatic rings. The maximum absolute atomic E-state index is 11.4. The van der Waals surface area contributed by atoms with E-state index in [1.807, 2.05) is 13.8 Å². The van der Waals surface area contributed by atoms with Gasteiger partial charge in [-0.2, -0.15) is 0 Å². The lowest BCUT2D eigenvalue weighted by Crippen LogP contribution is -2.29. The molecule has 0 spiro atoms. The van der Waals surface area contributed by atoms with Gasteiger partial charge in [0.1, 0.15) is 0 Å². The van der Waals surface area contributed by atoms with Crippen LogP contribution in [0.3, 0.4) is 0 Å². The summed E-state index contributed by atoms with van der Waals surface area (Å²) in [5.74, 6) is 0.239. The molecule has 0 saturated carbocycles. The van der Waals surface area contributed by atoms with Gasteiger partial charge in [0.25, 0.3) is 0 Å². The molecule has 0 saturated heterocycles. The lowest BCUT2D eigenvalue weighted by atomic mass is 10.2. The Hall–Kier alpha value is -0.610. The van der Waals surface area contributed by atoms with Gasteiger partial charge in [-0.3, -0.25) is 4.79 Å². The van der Waals surface area contributed by atoms with E-state index < -0.39 is 0 Å². The Morgan fingerprint density at radius 1 is 1.25 bits per heavy atom. The second kappa shape index (κ2) is 12.2. The number of hydrogen-bond donors (Lipinski definition) is 1. The molecule has 0 heterocycles. The maximum atomic E-state index is 11.4. The zero-order chi connectivity index (χ0) is 15.4. The van der Waals surface area contributed by atoms with Crippen molar-refractivity contribution in [2.45, 2.75) is 59.5 Å². The normalized spacial score (nSPS) is 12.9. The third kappa shape index (κ3) is 10.2. The number of hydrogen-bond acceptors (Lipinski definition) is 3. The third-order valence-electron chi connectivity index (χ3n) is 3.48. The van der Waals surface area contributed by atoms with Gasteiger partial charge in [0, 0.05) is 27.0 Å². The van der Waals surface area contributed by atoms with E-state index >= 15 is 0 Å². The molecule has 4 heteroatoms. The molecule has 0 radical (unpaired) electrons. The molecule has 0 aromatic carbocycles. The molecule has 0 aromatic rings. The summed E-state index contributed by atoms with van der Waals surface area (Å²) in [6.45, 7) is 11.8. The fourth-order valence-corrected chi connectivity index (χ4v) is 2.04. The van der Waals surface area contributed by atoms with Crippen molar-refractivity contribution in [3.8, 4) is 0 Å². The van der Waals surface area contributed by atoms with Gasteiger partial charge >= 0.3 is 0 Å². The lowest BCUT2D eigenvalue weighted by molar-refractivity contribution is -0.123. The summed E-state index contributed by atoms with van der Waals surface area (Å²) in [6, 6.07) is 0. The van der Waals surface area contributed by atoms with Crippen LogP contribution < -0.4 is 5.32 Å². The van der Waals surface area contributed by atoms with Crippen LogP contribution in [0.1, 0.15) is 54.8 Å². The van der Waals surface area contributed by atoms with Crippen LogP contribution in [0, 0.1) is 5.92 Å². The molecule has 1 amide bonds. The van der Waals surface area contributed by atoms with Gasteiger partial charge in [-0.05, 0) is 46.2 Å². The van der Waals surface area contributed by atoms with E-state index in [1.165, 1.54) is 0 Å². The topological polar surface area (TPSA) is 41.6 Å². The summed E-state index contributed by atoms with van der Waals surface area (Å²) in [7, 11) is 2.16. The molecule has 122 valence electrons. The van der Waals surface area contributed by atoms with Crippen LogP contribution in [-0.4, -0.2) is 50.2 Å². The minimum atomic E-state index is 0. The average Bonchev–Trinajstić information content (AvgIpc) is 2.42. The van der Waals surface area contributed by atoms with Crippen molar-refractivity contribution in [2.24, 2.45) is 5.92 Å². The summed E-state index contributed by atoms with van der Waals surface area (Å²) < 4.78 is 5.66. The van der Waals surface area contributed by atoms with Crippen molar-refractivity contribution in [2.75, 3.05) is 33.3 Å². The van der Waals surface area contributed by atoms with Crippen molar-refractivity contribution in [1.82, 2.24) is 10.2 Å². The SMILES string of the molecule is CCOC(CC)CCN(C)CCCCNC(=O)C(C)C.[HH]. The quantitative estimate of drug-likeness (QED) is 0.561. The first-order valence-electron chi connectivity index (χ1n) is 8.09. The highest BCUT2D eigenvalue weighted by molar-refractivity contribution is 5.77. The number of amides is 1. The molecule has 0 bridgehead atoms. The van der Waals surface area contributed by atoms with Gasteiger partial charge in [-0.15, -0.1) is 0 Å². The Balaban J connectivity index is 0. The van der Waals surface area contributed by atoms with E-state index in [0.29, 0.717) is 6.10 Å². The smallest absolute Gasteiger partial charge is 0.222 e. The first-order chi connectivity index (χ1) is 9.51. The van der Waals surface area contributed by atoms with Gasteiger partial charge in [-0.1, -0.05) is 20.8 Å². The van der Waals surface area contributed by atoms with Crippen molar-refractivity contribution >= 4 is 5.91 Å². The molecule has 1 N–H and O–H groups in total. The molecular weight excluding hydrogens is 252 g/mol. The van der Waals surface area contributed by atoms with Crippen molar-refractivity contribution in [3.05, 3.63) is 0 Å². The van der Waals surface area contributed by atoms with Crippen molar-refractivity contribution in [1.29, 1.82) is 0 Å². The van der Waals surface area contributed by atoms with Gasteiger partial charge in [0.15, 0.2) is 0 Å². The van der Waals surface area contributed by atoms with Crippen LogP contribution in [-0.2, 0) is 9.53 Å². The summed E-state index contributed by atoms with van der Waals surface area (Å²) in [5, 5.41) is 2.95. The van der Waals surface area contributed by atoms with Crippen LogP contribution in [0.2, 0.25) is 0 Å². The van der Waals surface area contributed by atoms with Gasteiger partial charge in [-0.25, -0.2) is 0 Å². The van der Waals surface area contributed by atoms with Crippen LogP contribution in [0.4, 0.5) is 0 Å². The van der Waals surface area contributed by atoms with Gasteiger partial charge in [0.05, 0.1) is 6.10 Å². The number of rotatable bonds is 12. The van der Waals surface area contributed by atoms with Crippen LogP contribution in [0.15, 0.2) is 0 Å². The van der Waals surface area contributed by atoms with E-state index in [4.69, 9.17) is 4.74 Å². The fraction of sp³-hybridized carbons (Fsp3) is 0.938. The number of ether oxygens (including phenoxy) is 1. The predicted molar refractivity (Wildman–Crippen MR) is 87.0 cm³/mol. The Bertz CT molecular complexity index is 250. The molecule has 4 nitrogen and oxygen atoms in total. The maximum Gasteiger partial charge on any atom is 0.222 e. The standard InChI is InChI=1S/C16H34N2O2.H2/c1-6-15(20-7-2)10-13-18(5)12-9-8-11-17-16(19)14(3)4;/h14-15H,6-13H2,1-5H3,(H,17,19);1H. The predicted octanol–water partition coefficient (Wildman–Crippen LogP) is 2.92. The van der Waals surface area contributed by atoms with Crippen molar-refractivity contribution < 1.29 is 11.0 Å². The summed E-state index contributed by atoms with van der Waals surface area (Å²) in [5.41, 5.74) is 0. The highest BCUT2D eigenvalue weighted by Gasteiger charge is 2.08. The number of nitrogens with one attached hydrogen (secondary N) is 1. The third-order valence-corrected chi connectivity index (χ3v) is 3.48. The molecule has 1 atom stereocenters. The number of unbranched alkanes of at least 4 members (excludes halogenated alkanes) is 1. The second-order valence-electron chi connectivity index (χ2n) is 5.73. The lowest BCUT2D eigenvalue weighted by Gasteiger charge is -2.20. The van der Waals surface area contributed by atoms with Crippen molar-refractivity contribution in [3.63, 3.8) is 0 Å². The Kier molecular flexibility index (Phi) is 11.8. The summed E-state index contributed by atoms with van der Waals surface area (Å²) >= 11 is 0. The summed E-state index contributed by atoms with van der Waals surface area (Å²) in [4.78, 5) is 13.7. The second-order valence-corrected chi connectivity index (χ2v) is 5.73. The molecule has 1 unspecified atom stereocenters. The average molecular weight is 288 g/mol. The van der Waals surface area contributed by atoms with Crippen LogP contribution in [0.25, 0.3) is 0 Å². The van der Waals surface area contributed by atoms with E-state index in [9.17, 15) is 4.79 Å². The first-order valence-corrected chi connectivity index (χ1v) is 8.09. The Labute approximate surface area is 126 Å². The molecule has 0 aromatic heterocycles. The van der Waals surface area contributed by atoms with Gasteiger partial charge in [0.2, 0.25) is 5.91 Å². The molecule has 0 rings (SSSR count). The fourth-order valence-electron chi connectivity index (χ4n) is 2.04. The zero-order valence-corrected chi connectivity index (χ0v) is 14.1. The molecule has 20 heavy (non-hydrogen) atoms. The van der Waals surface area contributed by atoms with E-state index in [-0.39, 0.29) is 13.3 Å². The van der Waals surface area contributed by atoms with Crippen LogP contribution >= 0.6 is 0 Å². The largest absolute Gasteiger partial charge is 0.378 e. The first kappa shape index (κ1) is 19.4. The molecule has 0 aliphatic heterocycles. The number of nitrogens with zero attached hydrogens (tertiary/aromatic N) is 1. The van der Waals surface area contributed by atoms with E-state index in [0.717, 1.165) is 51.9 Å². The van der Waals surface area contributed by atoms with E-state index in [2.05, 4.69) is 31.1 Å². The minimum Gasteiger partial charge on any atom is -0.378 e. The highest BCUT2D eigenvalue weighted by atomic mass is 16.5.